The van der Waals surface area contributed by atoms with Crippen LogP contribution >= 0.6 is 0 Å². The molecule has 0 spiro atoms. The Hall–Kier alpha value is -2.64. The second kappa shape index (κ2) is 9.71. The van der Waals surface area contributed by atoms with Gasteiger partial charge in [0.1, 0.15) is 6.10 Å². The average Bonchev–Trinajstić information content (AvgIpc) is 3.36. The van der Waals surface area contributed by atoms with E-state index in [2.05, 4.69) is 20.1 Å². The van der Waals surface area contributed by atoms with Gasteiger partial charge in [-0.05, 0) is 55.2 Å². The van der Waals surface area contributed by atoms with Gasteiger partial charge in [-0.15, -0.1) is 0 Å². The molecule has 2 amide bonds. The number of fused-ring (bicyclic) bond motifs is 2. The summed E-state index contributed by atoms with van der Waals surface area (Å²) in [6.45, 7) is 0.577. The van der Waals surface area contributed by atoms with Gasteiger partial charge in [-0.2, -0.15) is 0 Å². The van der Waals surface area contributed by atoms with Crippen molar-refractivity contribution in [3.05, 3.63) is 23.8 Å². The van der Waals surface area contributed by atoms with Crippen LogP contribution in [0.2, 0.25) is 0 Å². The SMILES string of the molecule is COC(=O)NCC(CNC(=O)OC)c1ccc(OC)c(O[C@H]2CC3CCC2C3)c1. The van der Waals surface area contributed by atoms with Crippen LogP contribution < -0.4 is 20.1 Å². The molecule has 3 rings (SSSR count). The Balaban J connectivity index is 1.76. The van der Waals surface area contributed by atoms with Crippen LogP contribution in [0, 0.1) is 11.8 Å². The maximum atomic E-state index is 11.5. The number of alkyl carbamates (subject to hydrolysis) is 2. The van der Waals surface area contributed by atoms with Gasteiger partial charge >= 0.3 is 12.2 Å². The summed E-state index contributed by atoms with van der Waals surface area (Å²) in [5.74, 6) is 2.58. The van der Waals surface area contributed by atoms with Crippen LogP contribution in [-0.4, -0.2) is 52.7 Å². The Labute approximate surface area is 171 Å². The third kappa shape index (κ3) is 5.25. The summed E-state index contributed by atoms with van der Waals surface area (Å²) in [6, 6.07) is 5.71. The van der Waals surface area contributed by atoms with Crippen molar-refractivity contribution in [1.82, 2.24) is 10.6 Å². The minimum atomic E-state index is -0.528. The van der Waals surface area contributed by atoms with Crippen molar-refractivity contribution in [2.24, 2.45) is 11.8 Å². The molecule has 2 unspecified atom stereocenters. The molecule has 2 saturated carbocycles. The molecule has 8 nitrogen and oxygen atoms in total. The molecular formula is C21H30N2O6. The molecule has 1 aromatic carbocycles. The molecule has 2 aliphatic carbocycles. The van der Waals surface area contributed by atoms with Crippen LogP contribution in [0.1, 0.15) is 37.2 Å². The number of carbonyl (C=O) groups excluding carboxylic acids is 2. The molecule has 160 valence electrons. The molecule has 2 N–H and O–H groups in total. The van der Waals surface area contributed by atoms with Gasteiger partial charge in [0.05, 0.1) is 21.3 Å². The summed E-state index contributed by atoms with van der Waals surface area (Å²) >= 11 is 0. The largest absolute Gasteiger partial charge is 0.493 e. The van der Waals surface area contributed by atoms with E-state index in [1.165, 1.54) is 33.5 Å². The van der Waals surface area contributed by atoms with Gasteiger partial charge in [-0.25, -0.2) is 9.59 Å². The Kier molecular flexibility index (Phi) is 7.06. The van der Waals surface area contributed by atoms with E-state index in [1.54, 1.807) is 7.11 Å². The molecule has 1 aromatic rings. The fourth-order valence-electron chi connectivity index (χ4n) is 4.40. The molecule has 0 heterocycles. The van der Waals surface area contributed by atoms with Crippen molar-refractivity contribution < 1.29 is 28.5 Å². The van der Waals surface area contributed by atoms with E-state index in [4.69, 9.17) is 9.47 Å². The highest BCUT2D eigenvalue weighted by atomic mass is 16.5. The number of ether oxygens (including phenoxy) is 4. The van der Waals surface area contributed by atoms with Crippen molar-refractivity contribution in [2.75, 3.05) is 34.4 Å². The zero-order chi connectivity index (χ0) is 20.8. The van der Waals surface area contributed by atoms with Gasteiger partial charge in [-0.1, -0.05) is 6.07 Å². The quantitative estimate of drug-likeness (QED) is 0.689. The summed E-state index contributed by atoms with van der Waals surface area (Å²) in [5.41, 5.74) is 0.914. The zero-order valence-corrected chi connectivity index (χ0v) is 17.2. The molecule has 8 heteroatoms. The molecule has 0 saturated heterocycles. The summed E-state index contributed by atoms with van der Waals surface area (Å²) < 4.78 is 21.2. The highest BCUT2D eigenvalue weighted by molar-refractivity contribution is 5.68. The van der Waals surface area contributed by atoms with Gasteiger partial charge in [0.15, 0.2) is 11.5 Å². The van der Waals surface area contributed by atoms with Crippen molar-refractivity contribution >= 4 is 12.2 Å². The van der Waals surface area contributed by atoms with Gasteiger partial charge in [-0.3, -0.25) is 0 Å². The predicted molar refractivity (Wildman–Crippen MR) is 106 cm³/mol. The standard InChI is InChI=1S/C21H30N2O6/c1-26-17-7-6-14(10-19(17)29-18-9-13-4-5-15(18)8-13)16(11-22-20(24)27-2)12-23-21(25)28-3/h6-7,10,13,15-16,18H,4-5,8-9,11-12H2,1-3H3,(H,22,24)(H,23,25)/t13?,15?,18-/m0/s1. The first-order chi connectivity index (χ1) is 14.0. The number of hydrogen-bond donors (Lipinski definition) is 2. The van der Waals surface area contributed by atoms with Crippen LogP contribution in [0.4, 0.5) is 9.59 Å². The lowest BCUT2D eigenvalue weighted by molar-refractivity contribution is 0.133. The number of benzene rings is 1. The minimum absolute atomic E-state index is 0.193. The third-order valence-corrected chi connectivity index (χ3v) is 5.97. The minimum Gasteiger partial charge on any atom is -0.493 e. The van der Waals surface area contributed by atoms with Crippen LogP contribution in [0.3, 0.4) is 0 Å². The molecule has 29 heavy (non-hydrogen) atoms. The van der Waals surface area contributed by atoms with Crippen LogP contribution in [0.5, 0.6) is 11.5 Å². The molecule has 0 aliphatic heterocycles. The topological polar surface area (TPSA) is 95.1 Å². The molecular weight excluding hydrogens is 376 g/mol. The molecule has 2 bridgehead atoms. The third-order valence-electron chi connectivity index (χ3n) is 5.97. The molecule has 0 aromatic heterocycles. The molecule has 0 radical (unpaired) electrons. The second-order valence-electron chi connectivity index (χ2n) is 7.68. The van der Waals surface area contributed by atoms with Crippen LogP contribution in [0.25, 0.3) is 0 Å². The lowest BCUT2D eigenvalue weighted by atomic mass is 9.96. The number of hydrogen-bond acceptors (Lipinski definition) is 6. The van der Waals surface area contributed by atoms with Crippen molar-refractivity contribution in [1.29, 1.82) is 0 Å². The van der Waals surface area contributed by atoms with Gasteiger partial charge in [0.25, 0.3) is 0 Å². The van der Waals surface area contributed by atoms with E-state index < -0.39 is 12.2 Å². The number of rotatable bonds is 8. The summed E-state index contributed by atoms with van der Waals surface area (Å²) in [5, 5.41) is 5.38. The van der Waals surface area contributed by atoms with Crippen molar-refractivity contribution in [3.8, 4) is 11.5 Å². The monoisotopic (exact) mass is 406 g/mol. The summed E-state index contributed by atoms with van der Waals surface area (Å²) in [7, 11) is 4.25. The highest BCUT2D eigenvalue weighted by Crippen LogP contribution is 2.47. The fourth-order valence-corrected chi connectivity index (χ4v) is 4.40. The Morgan fingerprint density at radius 3 is 2.21 bits per heavy atom. The van der Waals surface area contributed by atoms with Gasteiger partial charge in [0.2, 0.25) is 0 Å². The first-order valence-corrected chi connectivity index (χ1v) is 10.0. The van der Waals surface area contributed by atoms with E-state index in [-0.39, 0.29) is 25.1 Å². The molecule has 3 atom stereocenters. The smallest absolute Gasteiger partial charge is 0.406 e. The van der Waals surface area contributed by atoms with E-state index in [0.717, 1.165) is 17.9 Å². The van der Waals surface area contributed by atoms with E-state index in [9.17, 15) is 9.59 Å². The number of amides is 2. The Morgan fingerprint density at radius 1 is 1.00 bits per heavy atom. The summed E-state index contributed by atoms with van der Waals surface area (Å²) in [6.07, 6.45) is 4.04. The lowest BCUT2D eigenvalue weighted by Crippen LogP contribution is -2.35. The number of methoxy groups -OCH3 is 3. The van der Waals surface area contributed by atoms with Crippen molar-refractivity contribution in [2.45, 2.75) is 37.7 Å². The number of carbonyl (C=O) groups is 2. The summed E-state index contributed by atoms with van der Waals surface area (Å²) in [4.78, 5) is 23.0. The van der Waals surface area contributed by atoms with E-state index >= 15 is 0 Å². The average molecular weight is 406 g/mol. The fraction of sp³-hybridized carbons (Fsp3) is 0.619. The highest BCUT2D eigenvalue weighted by Gasteiger charge is 2.41. The van der Waals surface area contributed by atoms with E-state index in [0.29, 0.717) is 17.4 Å². The zero-order valence-electron chi connectivity index (χ0n) is 17.2. The first-order valence-electron chi connectivity index (χ1n) is 10.0. The normalized spacial score (nSPS) is 22.3. The van der Waals surface area contributed by atoms with Gasteiger partial charge < -0.3 is 29.6 Å². The Bertz CT molecular complexity index is 705. The van der Waals surface area contributed by atoms with Crippen LogP contribution in [0.15, 0.2) is 18.2 Å². The molecule has 2 fully saturated rings. The van der Waals surface area contributed by atoms with Crippen molar-refractivity contribution in [3.63, 3.8) is 0 Å². The maximum Gasteiger partial charge on any atom is 0.406 e. The maximum absolute atomic E-state index is 11.5. The predicted octanol–water partition coefficient (Wildman–Crippen LogP) is 3.06. The number of nitrogens with one attached hydrogen (secondary N) is 2. The van der Waals surface area contributed by atoms with Gasteiger partial charge in [0, 0.05) is 19.0 Å². The Morgan fingerprint density at radius 2 is 1.69 bits per heavy atom. The lowest BCUT2D eigenvalue weighted by Gasteiger charge is -2.25. The second-order valence-corrected chi connectivity index (χ2v) is 7.68. The first kappa shape index (κ1) is 21.1. The molecule has 2 aliphatic rings. The van der Waals surface area contributed by atoms with Crippen LogP contribution in [-0.2, 0) is 9.47 Å². The van der Waals surface area contributed by atoms with E-state index in [1.807, 2.05) is 18.2 Å².